The molecule has 88 valence electrons. The average molecular weight is 244 g/mol. The van der Waals surface area contributed by atoms with E-state index in [9.17, 15) is 12.8 Å². The molecule has 0 bridgehead atoms. The van der Waals surface area contributed by atoms with E-state index in [1.807, 2.05) is 0 Å². The Morgan fingerprint density at radius 3 is 2.75 bits per heavy atom. The third kappa shape index (κ3) is 2.88. The molecule has 0 aliphatic rings. The molecule has 0 radical (unpaired) electrons. The van der Waals surface area contributed by atoms with Crippen molar-refractivity contribution < 1.29 is 12.8 Å². The van der Waals surface area contributed by atoms with Crippen molar-refractivity contribution in [2.75, 3.05) is 6.54 Å². The maximum absolute atomic E-state index is 13.1. The van der Waals surface area contributed by atoms with Crippen LogP contribution < -0.4 is 10.5 Å². The number of sulfonamides is 1. The molecule has 6 heteroatoms. The normalized spacial score (nSPS) is 11.4. The van der Waals surface area contributed by atoms with Gasteiger partial charge in [-0.3, -0.25) is 0 Å². The molecular formula is C10H13FN2O2S. The summed E-state index contributed by atoms with van der Waals surface area (Å²) in [6, 6.07) is 3.51. The fraction of sp³-hybridized carbons (Fsp3) is 0.200. The number of hydrogen-bond acceptors (Lipinski definition) is 3. The summed E-state index contributed by atoms with van der Waals surface area (Å²) in [4.78, 5) is -0.00352. The van der Waals surface area contributed by atoms with Gasteiger partial charge in [-0.25, -0.2) is 17.5 Å². The topological polar surface area (TPSA) is 72.2 Å². The van der Waals surface area contributed by atoms with Gasteiger partial charge in [-0.1, -0.05) is 6.08 Å². The second-order valence-corrected chi connectivity index (χ2v) is 4.86. The highest BCUT2D eigenvalue weighted by Gasteiger charge is 2.14. The molecule has 1 rings (SSSR count). The minimum absolute atomic E-state index is 0.00352. The number of nitrogens with two attached hydrogens (primary N) is 1. The molecule has 0 heterocycles. The van der Waals surface area contributed by atoms with Crippen LogP contribution in [0.5, 0.6) is 0 Å². The van der Waals surface area contributed by atoms with E-state index in [4.69, 9.17) is 5.73 Å². The molecule has 4 nitrogen and oxygen atoms in total. The van der Waals surface area contributed by atoms with Crippen molar-refractivity contribution in [2.24, 2.45) is 5.73 Å². The second-order valence-electron chi connectivity index (χ2n) is 3.10. The van der Waals surface area contributed by atoms with Gasteiger partial charge in [0.15, 0.2) is 0 Å². The zero-order chi connectivity index (χ0) is 12.2. The molecule has 0 saturated heterocycles. The number of nitrogens with one attached hydrogen (secondary N) is 1. The molecule has 0 unspecified atom stereocenters. The molecule has 3 N–H and O–H groups in total. The molecule has 1 aromatic rings. The van der Waals surface area contributed by atoms with Crippen molar-refractivity contribution in [2.45, 2.75) is 11.4 Å². The van der Waals surface area contributed by atoms with E-state index in [0.29, 0.717) is 0 Å². The average Bonchev–Trinajstić information content (AvgIpc) is 2.27. The third-order valence-electron chi connectivity index (χ3n) is 1.97. The number of benzene rings is 1. The molecule has 16 heavy (non-hydrogen) atoms. The van der Waals surface area contributed by atoms with Crippen molar-refractivity contribution in [3.63, 3.8) is 0 Å². The van der Waals surface area contributed by atoms with E-state index in [0.717, 1.165) is 6.07 Å². The highest BCUT2D eigenvalue weighted by molar-refractivity contribution is 7.89. The molecule has 1 aromatic carbocycles. The van der Waals surface area contributed by atoms with Gasteiger partial charge in [0.2, 0.25) is 10.0 Å². The Morgan fingerprint density at radius 2 is 2.19 bits per heavy atom. The minimum Gasteiger partial charge on any atom is -0.326 e. The SMILES string of the molecule is C=CCNS(=O)(=O)c1ccc(F)c(CN)c1. The molecule has 0 aromatic heterocycles. The van der Waals surface area contributed by atoms with Crippen molar-refractivity contribution in [3.8, 4) is 0 Å². The lowest BCUT2D eigenvalue weighted by atomic mass is 10.2. The molecular weight excluding hydrogens is 231 g/mol. The molecule has 0 spiro atoms. The first-order valence-corrected chi connectivity index (χ1v) is 6.08. The first kappa shape index (κ1) is 12.8. The summed E-state index contributed by atoms with van der Waals surface area (Å²) >= 11 is 0. The zero-order valence-corrected chi connectivity index (χ0v) is 9.43. The van der Waals surface area contributed by atoms with Gasteiger partial charge >= 0.3 is 0 Å². The number of hydrogen-bond donors (Lipinski definition) is 2. The molecule has 0 fully saturated rings. The van der Waals surface area contributed by atoms with Crippen LogP contribution in [0.15, 0.2) is 35.7 Å². The van der Waals surface area contributed by atoms with E-state index in [2.05, 4.69) is 11.3 Å². The predicted octanol–water partition coefficient (Wildman–Crippen LogP) is 0.749. The van der Waals surface area contributed by atoms with Crippen molar-refractivity contribution in [3.05, 3.63) is 42.2 Å². The summed E-state index contributed by atoms with van der Waals surface area (Å²) in [5, 5.41) is 0. The van der Waals surface area contributed by atoms with Crippen LogP contribution in [0, 0.1) is 5.82 Å². The molecule has 0 aliphatic carbocycles. The first-order valence-electron chi connectivity index (χ1n) is 4.60. The maximum Gasteiger partial charge on any atom is 0.240 e. The van der Waals surface area contributed by atoms with Gasteiger partial charge in [-0.05, 0) is 18.2 Å². The van der Waals surface area contributed by atoms with Gasteiger partial charge in [0.25, 0.3) is 0 Å². The fourth-order valence-corrected chi connectivity index (χ4v) is 2.18. The van der Waals surface area contributed by atoms with Gasteiger partial charge in [-0.2, -0.15) is 0 Å². The summed E-state index contributed by atoms with van der Waals surface area (Å²) in [7, 11) is -3.62. The Kier molecular flexibility index (Phi) is 4.17. The highest BCUT2D eigenvalue weighted by atomic mass is 32.2. The summed E-state index contributed by atoms with van der Waals surface area (Å²) in [6.45, 7) is 3.48. The lowest BCUT2D eigenvalue weighted by molar-refractivity contribution is 0.583. The smallest absolute Gasteiger partial charge is 0.240 e. The second kappa shape index (κ2) is 5.20. The van der Waals surface area contributed by atoms with E-state index >= 15 is 0 Å². The Hall–Kier alpha value is -1.24. The Balaban J connectivity index is 3.09. The van der Waals surface area contributed by atoms with Crippen LogP contribution in [0.3, 0.4) is 0 Å². The van der Waals surface area contributed by atoms with Crippen molar-refractivity contribution in [1.29, 1.82) is 0 Å². The van der Waals surface area contributed by atoms with Gasteiger partial charge < -0.3 is 5.73 Å². The summed E-state index contributed by atoms with van der Waals surface area (Å²) < 4.78 is 38.7. The summed E-state index contributed by atoms with van der Waals surface area (Å²) in [5.41, 5.74) is 5.46. The molecule has 0 amide bonds. The maximum atomic E-state index is 13.1. The van der Waals surface area contributed by atoms with E-state index in [1.165, 1.54) is 18.2 Å². The van der Waals surface area contributed by atoms with E-state index < -0.39 is 15.8 Å². The lowest BCUT2D eigenvalue weighted by Crippen LogP contribution is -2.24. The zero-order valence-electron chi connectivity index (χ0n) is 8.61. The Labute approximate surface area is 94.0 Å². The third-order valence-corrected chi connectivity index (χ3v) is 3.39. The summed E-state index contributed by atoms with van der Waals surface area (Å²) in [5.74, 6) is -0.509. The van der Waals surface area contributed by atoms with Gasteiger partial charge in [0, 0.05) is 18.7 Å². The van der Waals surface area contributed by atoms with Gasteiger partial charge in [-0.15, -0.1) is 6.58 Å². The monoisotopic (exact) mass is 244 g/mol. The quantitative estimate of drug-likeness (QED) is 0.751. The molecule has 0 saturated carbocycles. The Bertz CT molecular complexity index is 486. The minimum atomic E-state index is -3.62. The van der Waals surface area contributed by atoms with E-state index in [-0.39, 0.29) is 23.5 Å². The van der Waals surface area contributed by atoms with Crippen molar-refractivity contribution >= 4 is 10.0 Å². The number of halogens is 1. The fourth-order valence-electron chi connectivity index (χ4n) is 1.13. The number of rotatable bonds is 5. The predicted molar refractivity (Wildman–Crippen MR) is 59.7 cm³/mol. The molecule has 0 aliphatic heterocycles. The standard InChI is InChI=1S/C10H13FN2O2S/c1-2-5-13-16(14,15)9-3-4-10(11)8(6-9)7-12/h2-4,6,13H,1,5,7,12H2. The van der Waals surface area contributed by atoms with Crippen LogP contribution >= 0.6 is 0 Å². The van der Waals surface area contributed by atoms with Gasteiger partial charge in [0.1, 0.15) is 5.82 Å². The van der Waals surface area contributed by atoms with Crippen LogP contribution in [0.25, 0.3) is 0 Å². The Morgan fingerprint density at radius 1 is 1.50 bits per heavy atom. The lowest BCUT2D eigenvalue weighted by Gasteiger charge is -2.06. The van der Waals surface area contributed by atoms with Crippen molar-refractivity contribution in [1.82, 2.24) is 4.72 Å². The highest BCUT2D eigenvalue weighted by Crippen LogP contribution is 2.14. The van der Waals surface area contributed by atoms with Crippen LogP contribution in [0.4, 0.5) is 4.39 Å². The van der Waals surface area contributed by atoms with Crippen LogP contribution in [0.1, 0.15) is 5.56 Å². The van der Waals surface area contributed by atoms with Gasteiger partial charge in [0.05, 0.1) is 4.90 Å². The van der Waals surface area contributed by atoms with E-state index in [1.54, 1.807) is 0 Å². The van der Waals surface area contributed by atoms with Crippen LogP contribution in [-0.2, 0) is 16.6 Å². The summed E-state index contributed by atoms with van der Waals surface area (Å²) in [6.07, 6.45) is 1.42. The largest absolute Gasteiger partial charge is 0.326 e. The van der Waals surface area contributed by atoms with Crippen LogP contribution in [-0.4, -0.2) is 15.0 Å². The molecule has 0 atom stereocenters. The van der Waals surface area contributed by atoms with Crippen LogP contribution in [0.2, 0.25) is 0 Å². The first-order chi connectivity index (χ1) is 7.51.